The highest BCUT2D eigenvalue weighted by Gasteiger charge is 2.21. The zero-order valence-corrected chi connectivity index (χ0v) is 19.8. The molecule has 0 aromatic heterocycles. The van der Waals surface area contributed by atoms with Crippen molar-refractivity contribution in [2.75, 3.05) is 5.32 Å². The lowest BCUT2D eigenvalue weighted by molar-refractivity contribution is -0.122. The van der Waals surface area contributed by atoms with Gasteiger partial charge in [0.25, 0.3) is 0 Å². The Morgan fingerprint density at radius 3 is 2.11 bits per heavy atom. The number of nitrogen functional groups attached to an aromatic ring is 1. The highest BCUT2D eigenvalue weighted by Crippen LogP contribution is 2.27. The van der Waals surface area contributed by atoms with Crippen molar-refractivity contribution in [3.05, 3.63) is 126 Å². The summed E-state index contributed by atoms with van der Waals surface area (Å²) in [5, 5.41) is 13.9. The van der Waals surface area contributed by atoms with E-state index in [1.165, 1.54) is 0 Å². The van der Waals surface area contributed by atoms with Gasteiger partial charge in [0.15, 0.2) is 0 Å². The van der Waals surface area contributed by atoms with Crippen LogP contribution in [0.1, 0.15) is 22.7 Å². The lowest BCUT2D eigenvalue weighted by Crippen LogP contribution is -2.33. The Kier molecular flexibility index (Phi) is 8.87. The van der Waals surface area contributed by atoms with Crippen molar-refractivity contribution >= 4 is 29.8 Å². The number of nitrogens with one attached hydrogen (secondary N) is 3. The van der Waals surface area contributed by atoms with Crippen molar-refractivity contribution in [1.29, 1.82) is 5.41 Å². The quantitative estimate of drug-likeness (QED) is 0.181. The highest BCUT2D eigenvalue weighted by molar-refractivity contribution is 5.95. The van der Waals surface area contributed by atoms with Crippen LogP contribution in [0.15, 0.2) is 109 Å². The van der Waals surface area contributed by atoms with Gasteiger partial charge in [0.1, 0.15) is 23.4 Å². The normalized spacial score (nSPS) is 11.0. The minimum absolute atomic E-state index is 0. The van der Waals surface area contributed by atoms with Gasteiger partial charge in [-0.3, -0.25) is 10.2 Å². The van der Waals surface area contributed by atoms with E-state index in [0.717, 1.165) is 22.6 Å². The molecule has 0 spiro atoms. The molecule has 0 saturated carbocycles. The molecule has 0 saturated heterocycles. The summed E-state index contributed by atoms with van der Waals surface area (Å²) in [6, 6.07) is 33.2. The predicted molar refractivity (Wildman–Crippen MR) is 142 cm³/mol. The van der Waals surface area contributed by atoms with E-state index in [1.54, 1.807) is 24.3 Å². The first-order chi connectivity index (χ1) is 16.6. The number of nitrogens with two attached hydrogens (primary N) is 1. The van der Waals surface area contributed by atoms with Crippen molar-refractivity contribution in [1.82, 2.24) is 5.32 Å². The van der Waals surface area contributed by atoms with E-state index >= 15 is 0 Å². The zero-order valence-electron chi connectivity index (χ0n) is 19.0. The van der Waals surface area contributed by atoms with Gasteiger partial charge in [0.2, 0.25) is 5.91 Å². The third kappa shape index (κ3) is 7.09. The molecule has 1 atom stereocenters. The Hall–Kier alpha value is -4.29. The number of amidine groups is 1. The minimum atomic E-state index is -0.661. The number of anilines is 1. The zero-order chi connectivity index (χ0) is 23.8. The third-order valence-corrected chi connectivity index (χ3v) is 5.25. The first-order valence-corrected chi connectivity index (χ1v) is 10.9. The summed E-state index contributed by atoms with van der Waals surface area (Å²) >= 11 is 0. The molecule has 35 heavy (non-hydrogen) atoms. The van der Waals surface area contributed by atoms with Gasteiger partial charge in [-0.25, -0.2) is 0 Å². The van der Waals surface area contributed by atoms with Gasteiger partial charge in [-0.15, -0.1) is 12.4 Å². The molecule has 0 aliphatic heterocycles. The van der Waals surface area contributed by atoms with Crippen molar-refractivity contribution in [2.45, 2.75) is 12.6 Å². The van der Waals surface area contributed by atoms with E-state index in [0.29, 0.717) is 17.9 Å². The number of rotatable bonds is 9. The average Bonchev–Trinajstić information content (AvgIpc) is 2.87. The summed E-state index contributed by atoms with van der Waals surface area (Å²) in [4.78, 5) is 13.3. The molecular weight excluding hydrogens is 460 g/mol. The highest BCUT2D eigenvalue weighted by atomic mass is 35.5. The lowest BCUT2D eigenvalue weighted by Gasteiger charge is -2.21. The number of halogens is 1. The number of hydrogen-bond acceptors (Lipinski definition) is 4. The smallest absolute Gasteiger partial charge is 0.247 e. The Morgan fingerprint density at radius 1 is 0.829 bits per heavy atom. The largest absolute Gasteiger partial charge is 0.457 e. The molecule has 4 aromatic carbocycles. The second-order valence-corrected chi connectivity index (χ2v) is 7.76. The van der Waals surface area contributed by atoms with Gasteiger partial charge in [-0.2, -0.15) is 0 Å². The predicted octanol–water partition coefficient (Wildman–Crippen LogP) is 5.65. The number of benzene rings is 4. The van der Waals surface area contributed by atoms with Crippen LogP contribution in [0.3, 0.4) is 0 Å². The number of ether oxygens (including phenoxy) is 1. The van der Waals surface area contributed by atoms with Crippen LogP contribution >= 0.6 is 12.4 Å². The molecule has 6 nitrogen and oxygen atoms in total. The van der Waals surface area contributed by atoms with Gasteiger partial charge < -0.3 is 21.1 Å². The summed E-state index contributed by atoms with van der Waals surface area (Å²) in [5.74, 6) is 1.18. The Balaban J connectivity index is 0.00000342. The van der Waals surface area contributed by atoms with E-state index in [4.69, 9.17) is 15.9 Å². The molecule has 1 amide bonds. The fourth-order valence-electron chi connectivity index (χ4n) is 3.48. The fourth-order valence-corrected chi connectivity index (χ4v) is 3.48. The minimum Gasteiger partial charge on any atom is -0.457 e. The summed E-state index contributed by atoms with van der Waals surface area (Å²) < 4.78 is 5.97. The molecule has 0 unspecified atom stereocenters. The van der Waals surface area contributed by atoms with Gasteiger partial charge in [0.05, 0.1) is 0 Å². The second kappa shape index (κ2) is 12.3. The van der Waals surface area contributed by atoms with Crippen LogP contribution in [-0.2, 0) is 11.3 Å². The standard InChI is InChI=1S/C28H26N4O2.ClH/c29-27(30)21-14-16-23(17-15-21)32-26(28(33)31-19-20-8-3-1-4-9-20)22-10-7-13-25(18-22)34-24-11-5-2-6-12-24;/h1-18,26,32H,19H2,(H3,29,30)(H,31,33);1H/t26-;/m1./s1. The number of hydrogen-bond donors (Lipinski definition) is 4. The average molecular weight is 487 g/mol. The van der Waals surface area contributed by atoms with Crippen LogP contribution in [0.4, 0.5) is 5.69 Å². The summed E-state index contributed by atoms with van der Waals surface area (Å²) in [6.07, 6.45) is 0. The van der Waals surface area contributed by atoms with Crippen LogP contribution < -0.4 is 21.1 Å². The molecule has 178 valence electrons. The van der Waals surface area contributed by atoms with Gasteiger partial charge in [-0.05, 0) is 59.7 Å². The summed E-state index contributed by atoms with van der Waals surface area (Å²) in [5.41, 5.74) is 8.69. The number of carbonyl (C=O) groups excluding carboxylic acids is 1. The molecule has 4 aromatic rings. The van der Waals surface area contributed by atoms with Gasteiger partial charge >= 0.3 is 0 Å². The molecule has 5 N–H and O–H groups in total. The number of carbonyl (C=O) groups is 1. The van der Waals surface area contributed by atoms with Gasteiger partial charge in [0, 0.05) is 17.8 Å². The molecule has 0 fully saturated rings. The summed E-state index contributed by atoms with van der Waals surface area (Å²) in [6.45, 7) is 0.418. The lowest BCUT2D eigenvalue weighted by atomic mass is 10.0. The maximum Gasteiger partial charge on any atom is 0.247 e. The monoisotopic (exact) mass is 486 g/mol. The van der Waals surface area contributed by atoms with Crippen molar-refractivity contribution in [3.8, 4) is 11.5 Å². The summed E-state index contributed by atoms with van der Waals surface area (Å²) in [7, 11) is 0. The van der Waals surface area contributed by atoms with E-state index in [1.807, 2.05) is 84.9 Å². The van der Waals surface area contributed by atoms with E-state index < -0.39 is 6.04 Å². The topological polar surface area (TPSA) is 100 Å². The van der Waals surface area contributed by atoms with Crippen LogP contribution in [-0.4, -0.2) is 11.7 Å². The Bertz CT molecular complexity index is 1250. The fraction of sp³-hybridized carbons (Fsp3) is 0.0714. The second-order valence-electron chi connectivity index (χ2n) is 7.76. The molecule has 0 radical (unpaired) electrons. The van der Waals surface area contributed by atoms with Crippen molar-refractivity contribution < 1.29 is 9.53 Å². The molecule has 0 heterocycles. The Labute approximate surface area is 211 Å². The van der Waals surface area contributed by atoms with Crippen molar-refractivity contribution in [3.63, 3.8) is 0 Å². The van der Waals surface area contributed by atoms with E-state index in [-0.39, 0.29) is 24.1 Å². The molecule has 4 rings (SSSR count). The third-order valence-electron chi connectivity index (χ3n) is 5.25. The number of amides is 1. The number of para-hydroxylation sites is 1. The molecule has 0 aliphatic carbocycles. The van der Waals surface area contributed by atoms with E-state index in [2.05, 4.69) is 10.6 Å². The first kappa shape index (κ1) is 25.3. The molecule has 0 aliphatic rings. The molecular formula is C28H27ClN4O2. The van der Waals surface area contributed by atoms with Crippen LogP contribution in [0.5, 0.6) is 11.5 Å². The van der Waals surface area contributed by atoms with Crippen LogP contribution in [0, 0.1) is 5.41 Å². The molecule has 7 heteroatoms. The maximum atomic E-state index is 13.3. The van der Waals surface area contributed by atoms with Crippen molar-refractivity contribution in [2.24, 2.45) is 5.73 Å². The van der Waals surface area contributed by atoms with Crippen LogP contribution in [0.25, 0.3) is 0 Å². The molecule has 0 bridgehead atoms. The van der Waals surface area contributed by atoms with Crippen LogP contribution in [0.2, 0.25) is 0 Å². The van der Waals surface area contributed by atoms with E-state index in [9.17, 15) is 4.79 Å². The Morgan fingerprint density at radius 2 is 1.46 bits per heavy atom. The SMILES string of the molecule is Cl.N=C(N)c1ccc(N[C@@H](C(=O)NCc2ccccc2)c2cccc(Oc3ccccc3)c2)cc1. The first-order valence-electron chi connectivity index (χ1n) is 10.9. The van der Waals surface area contributed by atoms with Gasteiger partial charge in [-0.1, -0.05) is 60.7 Å². The maximum absolute atomic E-state index is 13.3.